The lowest BCUT2D eigenvalue weighted by Gasteiger charge is -2.26. The third-order valence-electron chi connectivity index (χ3n) is 3.22. The number of furan rings is 1. The molecule has 0 radical (unpaired) electrons. The van der Waals surface area contributed by atoms with Crippen molar-refractivity contribution in [2.75, 3.05) is 6.54 Å². The van der Waals surface area contributed by atoms with Gasteiger partial charge in [-0.1, -0.05) is 6.07 Å². The number of halogens is 1. The minimum absolute atomic E-state index is 0.0708. The Bertz CT molecular complexity index is 715. The quantitative estimate of drug-likeness (QED) is 0.687. The summed E-state index contributed by atoms with van der Waals surface area (Å²) >= 11 is 6.10. The van der Waals surface area contributed by atoms with E-state index in [-0.39, 0.29) is 12.5 Å². The number of hydrogen-bond donors (Lipinski definition) is 2. The van der Waals surface area contributed by atoms with E-state index >= 15 is 0 Å². The fourth-order valence-electron chi connectivity index (χ4n) is 2.07. The molecule has 1 amide bonds. The van der Waals surface area contributed by atoms with E-state index in [0.717, 1.165) is 9.35 Å². The van der Waals surface area contributed by atoms with Gasteiger partial charge in [0.2, 0.25) is 0 Å². The second-order valence-corrected chi connectivity index (χ2v) is 7.44. The minimum Gasteiger partial charge on any atom is -0.472 e. The van der Waals surface area contributed by atoms with Crippen molar-refractivity contribution < 1.29 is 14.3 Å². The van der Waals surface area contributed by atoms with Gasteiger partial charge in [-0.2, -0.15) is 0 Å². The molecule has 0 fully saturated rings. The molecule has 22 heavy (non-hydrogen) atoms. The third kappa shape index (κ3) is 3.03. The smallest absolute Gasteiger partial charge is 0.261 e. The maximum Gasteiger partial charge on any atom is 0.261 e. The van der Waals surface area contributed by atoms with E-state index in [0.29, 0.717) is 10.4 Å². The summed E-state index contributed by atoms with van der Waals surface area (Å²) in [6.07, 6.45) is 3.00. The number of amides is 1. The molecular weight excluding hydrogens is 386 g/mol. The van der Waals surface area contributed by atoms with E-state index in [1.165, 1.54) is 35.2 Å². The first-order valence-electron chi connectivity index (χ1n) is 6.41. The largest absolute Gasteiger partial charge is 0.472 e. The van der Waals surface area contributed by atoms with Crippen LogP contribution in [-0.2, 0) is 5.60 Å². The molecule has 0 aromatic carbocycles. The maximum absolute atomic E-state index is 12.2. The highest BCUT2D eigenvalue weighted by Gasteiger charge is 2.34. The lowest BCUT2D eigenvalue weighted by Crippen LogP contribution is -2.40. The van der Waals surface area contributed by atoms with E-state index < -0.39 is 5.60 Å². The molecule has 0 spiro atoms. The first kappa shape index (κ1) is 15.5. The Balaban J connectivity index is 1.81. The summed E-state index contributed by atoms with van der Waals surface area (Å²) in [6, 6.07) is 7.16. The number of carbonyl (C=O) groups excluding carboxylic acids is 1. The molecule has 4 nitrogen and oxygen atoms in total. The first-order chi connectivity index (χ1) is 10.6. The number of hydrogen-bond acceptors (Lipinski definition) is 5. The van der Waals surface area contributed by atoms with Crippen LogP contribution < -0.4 is 5.32 Å². The topological polar surface area (TPSA) is 62.5 Å². The first-order valence-corrected chi connectivity index (χ1v) is 8.96. The molecule has 1 atom stereocenters. The molecule has 0 aliphatic heterocycles. The molecule has 0 aliphatic rings. The van der Waals surface area contributed by atoms with Gasteiger partial charge in [0.1, 0.15) is 5.60 Å². The van der Waals surface area contributed by atoms with Gasteiger partial charge in [0, 0.05) is 20.3 Å². The van der Waals surface area contributed by atoms with Crippen LogP contribution in [0.3, 0.4) is 0 Å². The lowest BCUT2D eigenvalue weighted by molar-refractivity contribution is 0.0716. The van der Waals surface area contributed by atoms with Gasteiger partial charge in [0.15, 0.2) is 0 Å². The average Bonchev–Trinajstić information content (AvgIpc) is 3.24. The molecule has 0 saturated heterocycles. The molecular formula is C15H12BrNO3S2. The van der Waals surface area contributed by atoms with Crippen LogP contribution in [0.2, 0.25) is 0 Å². The molecule has 0 bridgehead atoms. The highest BCUT2D eigenvalue weighted by molar-refractivity contribution is 9.10. The van der Waals surface area contributed by atoms with E-state index in [1.807, 2.05) is 22.9 Å². The number of aliphatic hydroxyl groups is 1. The van der Waals surface area contributed by atoms with E-state index in [9.17, 15) is 9.90 Å². The summed E-state index contributed by atoms with van der Waals surface area (Å²) < 4.78 is 5.95. The van der Waals surface area contributed by atoms with E-state index in [1.54, 1.807) is 12.1 Å². The van der Waals surface area contributed by atoms with Gasteiger partial charge in [-0.25, -0.2) is 0 Å². The third-order valence-corrected chi connectivity index (χ3v) is 5.93. The van der Waals surface area contributed by atoms with Crippen molar-refractivity contribution in [1.82, 2.24) is 5.32 Å². The van der Waals surface area contributed by atoms with Crippen LogP contribution in [0.25, 0.3) is 0 Å². The molecule has 2 N–H and O–H groups in total. The zero-order chi connectivity index (χ0) is 15.6. The van der Waals surface area contributed by atoms with Crippen LogP contribution in [0.15, 0.2) is 56.4 Å². The molecule has 3 aromatic heterocycles. The Labute approximate surface area is 143 Å². The maximum atomic E-state index is 12.2. The van der Waals surface area contributed by atoms with Crippen LogP contribution in [-0.4, -0.2) is 17.6 Å². The Morgan fingerprint density at radius 2 is 2.27 bits per heavy atom. The van der Waals surface area contributed by atoms with Crippen molar-refractivity contribution in [3.05, 3.63) is 67.3 Å². The molecule has 7 heteroatoms. The predicted molar refractivity (Wildman–Crippen MR) is 90.4 cm³/mol. The number of rotatable bonds is 5. The van der Waals surface area contributed by atoms with Crippen molar-refractivity contribution in [3.63, 3.8) is 0 Å². The van der Waals surface area contributed by atoms with Gasteiger partial charge in [-0.05, 0) is 39.5 Å². The van der Waals surface area contributed by atoms with Crippen molar-refractivity contribution in [2.45, 2.75) is 5.60 Å². The highest BCUT2D eigenvalue weighted by atomic mass is 79.9. The lowest BCUT2D eigenvalue weighted by atomic mass is 9.94. The van der Waals surface area contributed by atoms with Crippen LogP contribution >= 0.6 is 38.6 Å². The summed E-state index contributed by atoms with van der Waals surface area (Å²) in [4.78, 5) is 13.5. The van der Waals surface area contributed by atoms with E-state index in [2.05, 4.69) is 21.2 Å². The Kier molecular flexibility index (Phi) is 4.49. The number of carbonyl (C=O) groups is 1. The molecule has 3 aromatic rings. The fraction of sp³-hybridized carbons (Fsp3) is 0.133. The van der Waals surface area contributed by atoms with Gasteiger partial charge in [-0.3, -0.25) is 4.79 Å². The van der Waals surface area contributed by atoms with Gasteiger partial charge >= 0.3 is 0 Å². The highest BCUT2D eigenvalue weighted by Crippen LogP contribution is 2.32. The molecule has 3 rings (SSSR count). The monoisotopic (exact) mass is 397 g/mol. The number of thiophene rings is 2. The van der Waals surface area contributed by atoms with Crippen molar-refractivity contribution in [3.8, 4) is 0 Å². The van der Waals surface area contributed by atoms with E-state index in [4.69, 9.17) is 4.42 Å². The zero-order valence-corrected chi connectivity index (χ0v) is 14.5. The second kappa shape index (κ2) is 6.37. The Hall–Kier alpha value is -1.41. The predicted octanol–water partition coefficient (Wildman–Crippen LogP) is 3.83. The summed E-state index contributed by atoms with van der Waals surface area (Å²) in [5.74, 6) is -0.214. The van der Waals surface area contributed by atoms with Gasteiger partial charge in [0.05, 0.1) is 23.9 Å². The molecule has 114 valence electrons. The summed E-state index contributed by atoms with van der Waals surface area (Å²) in [5.41, 5.74) is -0.687. The zero-order valence-electron chi connectivity index (χ0n) is 11.3. The minimum atomic E-state index is -1.30. The van der Waals surface area contributed by atoms with Gasteiger partial charge in [0.25, 0.3) is 5.91 Å². The normalized spacial score (nSPS) is 13.7. The molecule has 0 saturated carbocycles. The molecule has 3 heterocycles. The van der Waals surface area contributed by atoms with Crippen LogP contribution in [0.1, 0.15) is 20.1 Å². The molecule has 0 aliphatic carbocycles. The summed E-state index contributed by atoms with van der Waals surface area (Å²) in [6.45, 7) is 0.0708. The van der Waals surface area contributed by atoms with Crippen LogP contribution in [0.4, 0.5) is 0 Å². The summed E-state index contributed by atoms with van der Waals surface area (Å²) in [7, 11) is 0. The number of nitrogens with one attached hydrogen (secondary N) is 1. The van der Waals surface area contributed by atoms with Crippen LogP contribution in [0.5, 0.6) is 0 Å². The van der Waals surface area contributed by atoms with Crippen molar-refractivity contribution >= 4 is 44.5 Å². The second-order valence-electron chi connectivity index (χ2n) is 4.66. The van der Waals surface area contributed by atoms with Crippen molar-refractivity contribution in [1.29, 1.82) is 0 Å². The molecule has 0 unspecified atom stereocenters. The van der Waals surface area contributed by atoms with Gasteiger partial charge in [-0.15, -0.1) is 22.7 Å². The Morgan fingerprint density at radius 3 is 2.86 bits per heavy atom. The fourth-order valence-corrected chi connectivity index (χ4v) is 4.26. The van der Waals surface area contributed by atoms with Crippen molar-refractivity contribution in [2.24, 2.45) is 0 Å². The van der Waals surface area contributed by atoms with Gasteiger partial charge < -0.3 is 14.8 Å². The Morgan fingerprint density at radius 1 is 1.41 bits per heavy atom. The average molecular weight is 398 g/mol. The van der Waals surface area contributed by atoms with Crippen LogP contribution in [0, 0.1) is 0 Å². The SMILES string of the molecule is O=C(NC[C@](O)(c1ccoc1)c1cccs1)c1cc(Br)cs1. The summed E-state index contributed by atoms with van der Waals surface area (Å²) in [5, 5.41) is 17.6. The standard InChI is InChI=1S/C15H12BrNO3S2/c16-11-6-12(22-8-11)14(18)17-9-15(19,10-3-4-20-7-10)13-2-1-5-21-13/h1-8,19H,9H2,(H,17,18)/t15-/m0/s1.